The first-order valence-electron chi connectivity index (χ1n) is 5.94. The Morgan fingerprint density at radius 1 is 1.44 bits per heavy atom. The van der Waals surface area contributed by atoms with Crippen molar-refractivity contribution < 1.29 is 4.74 Å². The van der Waals surface area contributed by atoms with E-state index in [1.54, 1.807) is 7.11 Å². The van der Waals surface area contributed by atoms with Gasteiger partial charge in [0.2, 0.25) is 0 Å². The Hall–Kier alpha value is -0.800. The molecular weight excluding hydrogens is 200 g/mol. The summed E-state index contributed by atoms with van der Waals surface area (Å²) in [5, 5.41) is 3.53. The fourth-order valence-electron chi connectivity index (χ4n) is 1.89. The summed E-state index contributed by atoms with van der Waals surface area (Å²) < 4.78 is 7.41. The van der Waals surface area contributed by atoms with Gasteiger partial charge >= 0.3 is 0 Å². The molecule has 0 aliphatic heterocycles. The van der Waals surface area contributed by atoms with Crippen LogP contribution in [0.4, 0.5) is 0 Å². The molecule has 1 aromatic heterocycles. The second-order valence-corrected chi connectivity index (χ2v) is 4.40. The van der Waals surface area contributed by atoms with Gasteiger partial charge in [-0.05, 0) is 31.9 Å². The summed E-state index contributed by atoms with van der Waals surface area (Å²) in [6.07, 6.45) is 1.10. The van der Waals surface area contributed by atoms with Crippen molar-refractivity contribution in [2.45, 2.75) is 39.8 Å². The molecule has 3 nitrogen and oxygen atoms in total. The SMILES string of the molecule is CCC(COC)NCc1cc(C)n(C)c1C. The molecule has 0 radical (unpaired) electrons. The molecule has 0 aromatic carbocycles. The van der Waals surface area contributed by atoms with E-state index in [1.165, 1.54) is 17.0 Å². The number of hydrogen-bond acceptors (Lipinski definition) is 2. The van der Waals surface area contributed by atoms with Crippen LogP contribution in [0.15, 0.2) is 6.07 Å². The van der Waals surface area contributed by atoms with E-state index in [2.05, 4.69) is 43.8 Å². The van der Waals surface area contributed by atoms with E-state index in [-0.39, 0.29) is 0 Å². The molecule has 92 valence electrons. The van der Waals surface area contributed by atoms with E-state index in [1.807, 2.05) is 0 Å². The highest BCUT2D eigenvalue weighted by molar-refractivity contribution is 5.26. The standard InChI is InChI=1S/C13H24N2O/c1-6-13(9-16-5)14-8-12-7-10(2)15(4)11(12)3/h7,13-14H,6,8-9H2,1-5H3. The van der Waals surface area contributed by atoms with Crippen LogP contribution in [0.25, 0.3) is 0 Å². The molecule has 0 amide bonds. The molecular formula is C13H24N2O. The lowest BCUT2D eigenvalue weighted by Gasteiger charge is -2.15. The van der Waals surface area contributed by atoms with Crippen LogP contribution < -0.4 is 5.32 Å². The van der Waals surface area contributed by atoms with Gasteiger partial charge in [0, 0.05) is 38.1 Å². The van der Waals surface area contributed by atoms with Crippen LogP contribution in [-0.4, -0.2) is 24.3 Å². The first-order valence-corrected chi connectivity index (χ1v) is 5.94. The highest BCUT2D eigenvalue weighted by atomic mass is 16.5. The van der Waals surface area contributed by atoms with Crippen molar-refractivity contribution in [3.8, 4) is 0 Å². The lowest BCUT2D eigenvalue weighted by molar-refractivity contribution is 0.164. The number of hydrogen-bond donors (Lipinski definition) is 1. The predicted molar refractivity (Wildman–Crippen MR) is 67.7 cm³/mol. The second kappa shape index (κ2) is 6.06. The van der Waals surface area contributed by atoms with Gasteiger partial charge in [-0.2, -0.15) is 0 Å². The van der Waals surface area contributed by atoms with Gasteiger partial charge < -0.3 is 14.6 Å². The number of nitrogens with one attached hydrogen (secondary N) is 1. The molecule has 1 aromatic rings. The number of aryl methyl sites for hydroxylation is 1. The van der Waals surface area contributed by atoms with Gasteiger partial charge in [0.25, 0.3) is 0 Å². The number of ether oxygens (including phenoxy) is 1. The third-order valence-electron chi connectivity index (χ3n) is 3.32. The van der Waals surface area contributed by atoms with Gasteiger partial charge in [0.1, 0.15) is 0 Å². The van der Waals surface area contributed by atoms with Crippen LogP contribution >= 0.6 is 0 Å². The molecule has 0 aliphatic carbocycles. The van der Waals surface area contributed by atoms with Gasteiger partial charge in [0.05, 0.1) is 6.61 Å². The first kappa shape index (κ1) is 13.3. The van der Waals surface area contributed by atoms with Crippen molar-refractivity contribution >= 4 is 0 Å². The Balaban J connectivity index is 2.56. The monoisotopic (exact) mass is 224 g/mol. The van der Waals surface area contributed by atoms with Crippen LogP contribution in [0.5, 0.6) is 0 Å². The van der Waals surface area contributed by atoms with Crippen LogP contribution in [0.2, 0.25) is 0 Å². The quantitative estimate of drug-likeness (QED) is 0.801. The third-order valence-corrected chi connectivity index (χ3v) is 3.32. The molecule has 0 bridgehead atoms. The Morgan fingerprint density at radius 3 is 2.56 bits per heavy atom. The number of methoxy groups -OCH3 is 1. The first-order chi connectivity index (χ1) is 7.60. The lowest BCUT2D eigenvalue weighted by atomic mass is 10.2. The van der Waals surface area contributed by atoms with Crippen LogP contribution in [0.3, 0.4) is 0 Å². The minimum Gasteiger partial charge on any atom is -0.383 e. The molecule has 0 spiro atoms. The average molecular weight is 224 g/mol. The fraction of sp³-hybridized carbons (Fsp3) is 0.692. The molecule has 0 saturated heterocycles. The number of nitrogens with zero attached hydrogens (tertiary/aromatic N) is 1. The molecule has 1 rings (SSSR count). The molecule has 1 heterocycles. The van der Waals surface area contributed by atoms with E-state index < -0.39 is 0 Å². The van der Waals surface area contributed by atoms with Gasteiger partial charge in [0.15, 0.2) is 0 Å². The van der Waals surface area contributed by atoms with Gasteiger partial charge in [-0.15, -0.1) is 0 Å². The summed E-state index contributed by atoms with van der Waals surface area (Å²) >= 11 is 0. The minimum atomic E-state index is 0.449. The molecule has 3 heteroatoms. The van der Waals surface area contributed by atoms with Gasteiger partial charge in [-0.3, -0.25) is 0 Å². The fourth-order valence-corrected chi connectivity index (χ4v) is 1.89. The van der Waals surface area contributed by atoms with Crippen molar-refractivity contribution in [1.29, 1.82) is 0 Å². The molecule has 16 heavy (non-hydrogen) atoms. The van der Waals surface area contributed by atoms with Crippen molar-refractivity contribution in [2.24, 2.45) is 7.05 Å². The number of rotatable bonds is 6. The van der Waals surface area contributed by atoms with E-state index in [0.717, 1.165) is 19.6 Å². The van der Waals surface area contributed by atoms with Crippen LogP contribution in [0, 0.1) is 13.8 Å². The van der Waals surface area contributed by atoms with E-state index in [9.17, 15) is 0 Å². The Bertz CT molecular complexity index is 331. The van der Waals surface area contributed by atoms with Crippen LogP contribution in [0.1, 0.15) is 30.3 Å². The van der Waals surface area contributed by atoms with Crippen molar-refractivity contribution in [1.82, 2.24) is 9.88 Å². The summed E-state index contributed by atoms with van der Waals surface area (Å²) in [7, 11) is 3.86. The highest BCUT2D eigenvalue weighted by Gasteiger charge is 2.09. The Labute approximate surface area is 98.8 Å². The number of aromatic nitrogens is 1. The Kier molecular flexibility index (Phi) is 5.03. The molecule has 1 unspecified atom stereocenters. The largest absolute Gasteiger partial charge is 0.383 e. The zero-order valence-electron chi connectivity index (χ0n) is 11.1. The summed E-state index contributed by atoms with van der Waals surface area (Å²) in [6.45, 7) is 8.20. The van der Waals surface area contributed by atoms with Gasteiger partial charge in [-0.25, -0.2) is 0 Å². The molecule has 0 saturated carbocycles. The molecule has 0 fully saturated rings. The summed E-state index contributed by atoms with van der Waals surface area (Å²) in [5.41, 5.74) is 4.04. The van der Waals surface area contributed by atoms with Crippen LogP contribution in [-0.2, 0) is 18.3 Å². The third kappa shape index (κ3) is 3.09. The van der Waals surface area contributed by atoms with Crippen molar-refractivity contribution in [3.63, 3.8) is 0 Å². The smallest absolute Gasteiger partial charge is 0.0615 e. The molecule has 0 aliphatic rings. The van der Waals surface area contributed by atoms with E-state index >= 15 is 0 Å². The maximum absolute atomic E-state index is 5.17. The molecule has 1 atom stereocenters. The maximum Gasteiger partial charge on any atom is 0.0615 e. The topological polar surface area (TPSA) is 26.2 Å². The predicted octanol–water partition coefficient (Wildman–Crippen LogP) is 2.16. The van der Waals surface area contributed by atoms with Crippen molar-refractivity contribution in [3.05, 3.63) is 23.0 Å². The zero-order valence-corrected chi connectivity index (χ0v) is 11.1. The highest BCUT2D eigenvalue weighted by Crippen LogP contribution is 2.13. The summed E-state index contributed by atoms with van der Waals surface area (Å²) in [4.78, 5) is 0. The van der Waals surface area contributed by atoms with E-state index in [4.69, 9.17) is 4.74 Å². The molecule has 1 N–H and O–H groups in total. The lowest BCUT2D eigenvalue weighted by Crippen LogP contribution is -2.32. The second-order valence-electron chi connectivity index (χ2n) is 4.40. The Morgan fingerprint density at radius 2 is 2.12 bits per heavy atom. The summed E-state index contributed by atoms with van der Waals surface area (Å²) in [6, 6.07) is 2.70. The summed E-state index contributed by atoms with van der Waals surface area (Å²) in [5.74, 6) is 0. The van der Waals surface area contributed by atoms with Crippen molar-refractivity contribution in [2.75, 3.05) is 13.7 Å². The maximum atomic E-state index is 5.17. The average Bonchev–Trinajstić information content (AvgIpc) is 2.52. The van der Waals surface area contributed by atoms with E-state index in [0.29, 0.717) is 6.04 Å². The normalized spacial score (nSPS) is 13.1. The zero-order chi connectivity index (χ0) is 12.1. The minimum absolute atomic E-state index is 0.449. The van der Waals surface area contributed by atoms with Gasteiger partial charge in [-0.1, -0.05) is 6.92 Å².